The molecule has 0 aromatic carbocycles. The maximum atomic E-state index is 5.61. The largest absolute Gasteiger partial charge is 0.435 e. The molecule has 0 radical (unpaired) electrons. The van der Waals surface area contributed by atoms with Crippen LogP contribution in [-0.2, 0) is 4.65 Å². The minimum absolute atomic E-state index is 0.382. The van der Waals surface area contributed by atoms with Gasteiger partial charge in [-0.05, 0) is 25.6 Å². The van der Waals surface area contributed by atoms with Crippen LogP contribution in [0.4, 0.5) is 0 Å². The number of nitrogens with two attached hydrogens (primary N) is 2. The lowest BCUT2D eigenvalue weighted by Gasteiger charge is -2.12. The summed E-state index contributed by atoms with van der Waals surface area (Å²) in [5.74, 6) is 0. The molecule has 13 heavy (non-hydrogen) atoms. The molecule has 4 N–H and O–H groups in total. The Morgan fingerprint density at radius 3 is 2.31 bits per heavy atom. The topological polar surface area (TPSA) is 61.3 Å². The molecule has 0 aromatic heterocycles. The molecule has 0 saturated carbocycles. The molecule has 0 spiro atoms. The van der Waals surface area contributed by atoms with E-state index >= 15 is 0 Å². The van der Waals surface area contributed by atoms with E-state index in [9.17, 15) is 0 Å². The minimum Gasteiger partial charge on any atom is -0.435 e. The Labute approximate surface area is 82.3 Å². The van der Waals surface area contributed by atoms with Crippen LogP contribution in [0, 0.1) is 0 Å². The van der Waals surface area contributed by atoms with E-state index in [1.807, 2.05) is 0 Å². The van der Waals surface area contributed by atoms with E-state index in [2.05, 4.69) is 6.92 Å². The van der Waals surface area contributed by atoms with Crippen molar-refractivity contribution in [3.63, 3.8) is 0 Å². The van der Waals surface area contributed by atoms with Crippen LogP contribution in [0.25, 0.3) is 0 Å². The van der Waals surface area contributed by atoms with Gasteiger partial charge in [0.05, 0.1) is 0 Å². The lowest BCUT2D eigenvalue weighted by atomic mass is 9.59. The molecule has 0 aromatic rings. The summed E-state index contributed by atoms with van der Waals surface area (Å²) >= 11 is 0. The first-order valence-corrected chi connectivity index (χ1v) is 5.36. The predicted octanol–water partition coefficient (Wildman–Crippen LogP) is 1.10. The highest BCUT2D eigenvalue weighted by Crippen LogP contribution is 2.08. The molecule has 4 heteroatoms. The van der Waals surface area contributed by atoms with Crippen molar-refractivity contribution in [2.75, 3.05) is 19.7 Å². The second-order valence-corrected chi connectivity index (χ2v) is 3.35. The number of unbranched alkanes of at least 4 members (excludes halogenated alkanes) is 1. The standard InChI is InChI=1S/C9H23BN2O/c1-2-3-5-10(6-4-7-11)13-9-8-12/h2-9,11-12H2,1H3. The first-order chi connectivity index (χ1) is 6.35. The fourth-order valence-electron chi connectivity index (χ4n) is 1.32. The number of hydrogen-bond donors (Lipinski definition) is 2. The van der Waals surface area contributed by atoms with Crippen LogP contribution in [0.3, 0.4) is 0 Å². The third-order valence-corrected chi connectivity index (χ3v) is 2.08. The van der Waals surface area contributed by atoms with Gasteiger partial charge < -0.3 is 16.1 Å². The Morgan fingerprint density at radius 1 is 1.08 bits per heavy atom. The quantitative estimate of drug-likeness (QED) is 0.530. The Hall–Kier alpha value is -0.0551. The highest BCUT2D eigenvalue weighted by molar-refractivity contribution is 6.51. The van der Waals surface area contributed by atoms with E-state index in [4.69, 9.17) is 16.1 Å². The fraction of sp³-hybridized carbons (Fsp3) is 1.00. The van der Waals surface area contributed by atoms with E-state index in [-0.39, 0.29) is 0 Å². The summed E-state index contributed by atoms with van der Waals surface area (Å²) in [7, 11) is 0. The van der Waals surface area contributed by atoms with Crippen LogP contribution < -0.4 is 11.5 Å². The van der Waals surface area contributed by atoms with Gasteiger partial charge in [-0.2, -0.15) is 0 Å². The molecule has 0 atom stereocenters. The molecule has 0 bridgehead atoms. The third kappa shape index (κ3) is 8.28. The molecule has 0 saturated heterocycles. The molecule has 0 amide bonds. The normalized spacial score (nSPS) is 10.4. The van der Waals surface area contributed by atoms with Crippen LogP contribution >= 0.6 is 0 Å². The van der Waals surface area contributed by atoms with Crippen molar-refractivity contribution < 1.29 is 4.65 Å². The van der Waals surface area contributed by atoms with Gasteiger partial charge in [-0.3, -0.25) is 0 Å². The molecule has 3 nitrogen and oxygen atoms in total. The second-order valence-electron chi connectivity index (χ2n) is 3.35. The van der Waals surface area contributed by atoms with Crippen molar-refractivity contribution >= 4 is 6.92 Å². The summed E-state index contributed by atoms with van der Waals surface area (Å²) in [5, 5.41) is 0. The van der Waals surface area contributed by atoms with Crippen molar-refractivity contribution in [2.45, 2.75) is 38.8 Å². The first-order valence-electron chi connectivity index (χ1n) is 5.36. The summed E-state index contributed by atoms with van der Waals surface area (Å²) in [4.78, 5) is 0. The molecule has 0 rings (SSSR count). The fourth-order valence-corrected chi connectivity index (χ4v) is 1.32. The minimum atomic E-state index is 0.382. The van der Waals surface area contributed by atoms with Gasteiger partial charge in [0.15, 0.2) is 0 Å². The summed E-state index contributed by atoms with van der Waals surface area (Å²) in [6.07, 6.45) is 5.75. The van der Waals surface area contributed by atoms with Gasteiger partial charge in [-0.1, -0.05) is 19.8 Å². The van der Waals surface area contributed by atoms with E-state index in [0.717, 1.165) is 25.6 Å². The van der Waals surface area contributed by atoms with Gasteiger partial charge in [0.2, 0.25) is 0 Å². The molecule has 0 aliphatic heterocycles. The summed E-state index contributed by atoms with van der Waals surface area (Å²) < 4.78 is 5.61. The highest BCUT2D eigenvalue weighted by atomic mass is 16.4. The van der Waals surface area contributed by atoms with Gasteiger partial charge in [0, 0.05) is 13.2 Å². The second kappa shape index (κ2) is 10.0. The Bertz CT molecular complexity index is 84.6. The van der Waals surface area contributed by atoms with E-state index in [1.54, 1.807) is 0 Å². The molecule has 0 unspecified atom stereocenters. The summed E-state index contributed by atoms with van der Waals surface area (Å²) in [6.45, 7) is 4.63. The van der Waals surface area contributed by atoms with Gasteiger partial charge in [-0.15, -0.1) is 0 Å². The zero-order valence-corrected chi connectivity index (χ0v) is 8.80. The third-order valence-electron chi connectivity index (χ3n) is 2.08. The Morgan fingerprint density at radius 2 is 1.77 bits per heavy atom. The van der Waals surface area contributed by atoms with Crippen LogP contribution in [0.1, 0.15) is 26.2 Å². The molecular weight excluding hydrogens is 163 g/mol. The Kier molecular flexibility index (Phi) is 9.99. The zero-order valence-electron chi connectivity index (χ0n) is 8.80. The zero-order chi connectivity index (χ0) is 9.94. The SMILES string of the molecule is CCCCB(CCCN)OCCN. The molecule has 78 valence electrons. The van der Waals surface area contributed by atoms with E-state index < -0.39 is 0 Å². The summed E-state index contributed by atoms with van der Waals surface area (Å²) in [5.41, 5.74) is 10.8. The Balaban J connectivity index is 3.47. The highest BCUT2D eigenvalue weighted by Gasteiger charge is 2.13. The smallest absolute Gasteiger partial charge is 0.293 e. The number of rotatable bonds is 9. The van der Waals surface area contributed by atoms with E-state index in [0.29, 0.717) is 20.1 Å². The number of hydrogen-bond acceptors (Lipinski definition) is 3. The average molecular weight is 186 g/mol. The van der Waals surface area contributed by atoms with Gasteiger partial charge in [-0.25, -0.2) is 0 Å². The van der Waals surface area contributed by atoms with Crippen LogP contribution in [0.5, 0.6) is 0 Å². The van der Waals surface area contributed by atoms with Crippen LogP contribution in [0.2, 0.25) is 12.6 Å². The lowest BCUT2D eigenvalue weighted by Crippen LogP contribution is -2.23. The molecular formula is C9H23BN2O. The molecule has 0 aliphatic rings. The monoisotopic (exact) mass is 186 g/mol. The van der Waals surface area contributed by atoms with Crippen molar-refractivity contribution in [3.05, 3.63) is 0 Å². The van der Waals surface area contributed by atoms with E-state index in [1.165, 1.54) is 12.8 Å². The van der Waals surface area contributed by atoms with Crippen molar-refractivity contribution in [1.29, 1.82) is 0 Å². The maximum absolute atomic E-state index is 5.61. The first kappa shape index (κ1) is 12.9. The van der Waals surface area contributed by atoms with Crippen molar-refractivity contribution in [3.8, 4) is 0 Å². The average Bonchev–Trinajstić information content (AvgIpc) is 2.17. The summed E-state index contributed by atoms with van der Waals surface area (Å²) in [6, 6.07) is 0. The predicted molar refractivity (Wildman–Crippen MR) is 59.0 cm³/mol. The van der Waals surface area contributed by atoms with Crippen LogP contribution in [-0.4, -0.2) is 26.6 Å². The van der Waals surface area contributed by atoms with Gasteiger partial charge >= 0.3 is 0 Å². The van der Waals surface area contributed by atoms with Crippen molar-refractivity contribution in [2.24, 2.45) is 11.5 Å². The lowest BCUT2D eigenvalue weighted by molar-refractivity contribution is 0.327. The molecule has 0 aliphatic carbocycles. The van der Waals surface area contributed by atoms with Crippen LogP contribution in [0.15, 0.2) is 0 Å². The molecule has 0 fully saturated rings. The van der Waals surface area contributed by atoms with Crippen molar-refractivity contribution in [1.82, 2.24) is 0 Å². The maximum Gasteiger partial charge on any atom is 0.293 e. The van der Waals surface area contributed by atoms with Gasteiger partial charge in [0.1, 0.15) is 0 Å². The van der Waals surface area contributed by atoms with Gasteiger partial charge in [0.25, 0.3) is 6.92 Å². The molecule has 0 heterocycles.